The Kier molecular flexibility index (Phi) is 16.0. The quantitative estimate of drug-likeness (QED) is 0.125. The fourth-order valence-corrected chi connectivity index (χ4v) is 8.23. The topological polar surface area (TPSA) is 32.6 Å². The Labute approximate surface area is 452 Å². The molecule has 0 amide bonds. The first-order valence-electron chi connectivity index (χ1n) is 22.4. The van der Waals surface area contributed by atoms with Gasteiger partial charge in [0.15, 0.2) is 0 Å². The molecule has 0 fully saturated rings. The third-order valence-electron chi connectivity index (χ3n) is 12.1. The monoisotopic (exact) mass is 1260 g/mol. The highest BCUT2D eigenvalue weighted by Crippen LogP contribution is 2.51. The average molecular weight is 1260 g/mol. The number of rotatable bonds is 7. The number of hydrogen-bond acceptors (Lipinski definition) is 2. The van der Waals surface area contributed by atoms with E-state index in [2.05, 4.69) is 4.99 Å². The Bertz CT molecular complexity index is 3480. The molecule has 0 saturated heterocycles. The molecule has 32 heteroatoms. The molecule has 0 saturated carbocycles. The number of alkyl halides is 30. The first kappa shape index (κ1) is 64.5. The lowest BCUT2D eigenvalue weighted by Crippen LogP contribution is -2.12. The summed E-state index contributed by atoms with van der Waals surface area (Å²) >= 11 is 0. The summed E-state index contributed by atoms with van der Waals surface area (Å²) in [6, 6.07) is -4.38. The van der Waals surface area contributed by atoms with E-state index in [4.69, 9.17) is 0 Å². The molecular weight excluding hydrogens is 1240 g/mol. The minimum Gasteiger partial charge on any atom is -0.507 e. The smallest absolute Gasteiger partial charge is 0.416 e. The highest BCUT2D eigenvalue weighted by Gasteiger charge is 2.43. The number of phenols is 1. The Morgan fingerprint density at radius 2 is 0.400 bits per heavy atom. The SMILES string of the molecule is Oc1c(C=Nc2c(-c3cc(C(F)(F)F)cc(C(F)(F)F)c3)cc(-c3cc(C(F)(F)F)cc(C(F)(F)F)c3)cc2-c2cc(C(F)(F)F)cc(C(F)(F)F)c2)cc(-c2cc(C(F)(F)F)cc(C(F)(F)F)c2)cc1-c1cc(C(F)(F)F)cc(C(F)(F)F)c1. The van der Waals surface area contributed by atoms with Crippen LogP contribution in [-0.4, -0.2) is 11.3 Å². The molecule has 0 aliphatic rings. The van der Waals surface area contributed by atoms with Crippen LogP contribution < -0.4 is 0 Å². The third-order valence-corrected chi connectivity index (χ3v) is 12.1. The summed E-state index contributed by atoms with van der Waals surface area (Å²) < 4.78 is 430. The number of phenolic OH excluding ortho intramolecular Hbond substituents is 1. The van der Waals surface area contributed by atoms with Crippen LogP contribution in [-0.2, 0) is 61.8 Å². The van der Waals surface area contributed by atoms with Gasteiger partial charge in [-0.05, 0) is 154 Å². The van der Waals surface area contributed by atoms with Crippen LogP contribution in [0.1, 0.15) is 61.2 Å². The van der Waals surface area contributed by atoms with E-state index in [0.29, 0.717) is 0 Å². The number of hydrogen-bond donors (Lipinski definition) is 1. The zero-order valence-electron chi connectivity index (χ0n) is 40.3. The lowest BCUT2D eigenvalue weighted by molar-refractivity contribution is -0.144. The van der Waals surface area contributed by atoms with Crippen molar-refractivity contribution in [1.29, 1.82) is 0 Å². The average Bonchev–Trinajstić information content (AvgIpc) is 0.983. The zero-order valence-corrected chi connectivity index (χ0v) is 40.3. The van der Waals surface area contributed by atoms with E-state index in [1.54, 1.807) is 0 Å². The number of halogens is 30. The van der Waals surface area contributed by atoms with Crippen molar-refractivity contribution in [2.24, 2.45) is 4.99 Å². The number of aliphatic imine (C=N–C) groups is 1. The van der Waals surface area contributed by atoms with Gasteiger partial charge in [0.2, 0.25) is 0 Å². The van der Waals surface area contributed by atoms with Gasteiger partial charge in [0, 0.05) is 28.5 Å². The van der Waals surface area contributed by atoms with Crippen molar-refractivity contribution in [2.45, 2.75) is 61.8 Å². The number of nitrogens with zero attached hydrogens (tertiary/aromatic N) is 1. The van der Waals surface area contributed by atoms with E-state index in [9.17, 15) is 137 Å². The molecule has 454 valence electrons. The molecule has 7 rings (SSSR count). The van der Waals surface area contributed by atoms with E-state index in [0.717, 1.165) is 0 Å². The van der Waals surface area contributed by atoms with Crippen LogP contribution >= 0.6 is 0 Å². The molecule has 0 spiro atoms. The van der Waals surface area contributed by atoms with E-state index in [1.165, 1.54) is 0 Å². The summed E-state index contributed by atoms with van der Waals surface area (Å²) in [6.45, 7) is 0. The van der Waals surface area contributed by atoms with E-state index >= 15 is 0 Å². The summed E-state index contributed by atoms with van der Waals surface area (Å²) in [5.74, 6) is -1.77. The first-order chi connectivity index (χ1) is 38.3. The molecule has 0 atom stereocenters. The standard InChI is InChI=1S/C53H21F30NO/c54-44(55,56)29-2-22(3-30(15-29)45(57,58)59)21-1-28(43(85)41(14-21)27-10-37(52(78,79)80)19-38(11-27)53(81,82)83)20-84-42-39(25-6-33(48(66,67)68)17-34(7-25)49(69,70)71)12-24(23-4-31(46(60,61)62)16-32(5-23)47(63,64)65)13-40(42)26-8-35(50(72,73)74)18-36(9-26)51(75,76)77/h1-20,85H. The predicted octanol–water partition coefficient (Wildman–Crippen LogP) is 21.7. The fourth-order valence-electron chi connectivity index (χ4n) is 8.23. The normalized spacial score (nSPS) is 13.8. The van der Waals surface area contributed by atoms with Crippen LogP contribution in [0.2, 0.25) is 0 Å². The molecule has 7 aromatic carbocycles. The van der Waals surface area contributed by atoms with Crippen LogP contribution in [0.25, 0.3) is 55.6 Å². The second-order valence-electron chi connectivity index (χ2n) is 18.1. The minimum atomic E-state index is -5.92. The van der Waals surface area contributed by atoms with E-state index in [1.807, 2.05) is 0 Å². The van der Waals surface area contributed by atoms with Crippen molar-refractivity contribution >= 4 is 11.9 Å². The molecule has 85 heavy (non-hydrogen) atoms. The Morgan fingerprint density at radius 1 is 0.224 bits per heavy atom. The maximum Gasteiger partial charge on any atom is 0.416 e. The van der Waals surface area contributed by atoms with Crippen molar-refractivity contribution < 1.29 is 137 Å². The van der Waals surface area contributed by atoms with Crippen LogP contribution in [0.5, 0.6) is 5.75 Å². The van der Waals surface area contributed by atoms with Crippen molar-refractivity contribution in [2.75, 3.05) is 0 Å². The molecule has 0 bridgehead atoms. The predicted molar refractivity (Wildman–Crippen MR) is 239 cm³/mol. The second-order valence-corrected chi connectivity index (χ2v) is 18.1. The van der Waals surface area contributed by atoms with Crippen molar-refractivity contribution in [3.63, 3.8) is 0 Å². The highest BCUT2D eigenvalue weighted by atomic mass is 19.4. The van der Waals surface area contributed by atoms with Crippen molar-refractivity contribution in [3.05, 3.63) is 176 Å². The van der Waals surface area contributed by atoms with Gasteiger partial charge in [-0.15, -0.1) is 0 Å². The van der Waals surface area contributed by atoms with Gasteiger partial charge in [-0.3, -0.25) is 4.99 Å². The Balaban J connectivity index is 1.75. The molecule has 0 aliphatic carbocycles. The van der Waals surface area contributed by atoms with Gasteiger partial charge < -0.3 is 5.11 Å². The molecule has 0 unspecified atom stereocenters. The lowest BCUT2D eigenvalue weighted by atomic mass is 9.88. The molecule has 0 aromatic heterocycles. The molecule has 7 aromatic rings. The molecule has 0 radical (unpaired) electrons. The van der Waals surface area contributed by atoms with Gasteiger partial charge in [-0.1, -0.05) is 0 Å². The van der Waals surface area contributed by atoms with E-state index in [-0.39, 0.29) is 91.1 Å². The maximum atomic E-state index is 14.5. The zero-order chi connectivity index (χ0) is 64.1. The van der Waals surface area contributed by atoms with Gasteiger partial charge in [0.1, 0.15) is 5.75 Å². The Morgan fingerprint density at radius 3 is 0.624 bits per heavy atom. The van der Waals surface area contributed by atoms with Gasteiger partial charge in [-0.25, -0.2) is 0 Å². The van der Waals surface area contributed by atoms with Crippen molar-refractivity contribution in [1.82, 2.24) is 0 Å². The fraction of sp³-hybridized carbons (Fsp3) is 0.189. The molecule has 0 aliphatic heterocycles. The number of aromatic hydroxyl groups is 1. The van der Waals surface area contributed by atoms with Gasteiger partial charge >= 0.3 is 61.8 Å². The second kappa shape index (κ2) is 21.2. The summed E-state index contributed by atoms with van der Waals surface area (Å²) in [4.78, 5) is 3.71. The lowest BCUT2D eigenvalue weighted by Gasteiger charge is -2.21. The Hall–Kier alpha value is -8.09. The number of benzene rings is 7. The summed E-state index contributed by atoms with van der Waals surface area (Å²) in [5, 5.41) is 11.7. The van der Waals surface area contributed by atoms with Crippen LogP contribution in [0.15, 0.2) is 120 Å². The molecule has 1 N–H and O–H groups in total. The minimum absolute atomic E-state index is 0.0873. The summed E-state index contributed by atoms with van der Waals surface area (Å²) in [6.07, 6.45) is -58.4. The van der Waals surface area contributed by atoms with Gasteiger partial charge in [0.25, 0.3) is 0 Å². The molecule has 2 nitrogen and oxygen atoms in total. The summed E-state index contributed by atoms with van der Waals surface area (Å²) in [5.41, 5.74) is -40.5. The van der Waals surface area contributed by atoms with E-state index < -0.39 is 220 Å². The largest absolute Gasteiger partial charge is 0.507 e. The van der Waals surface area contributed by atoms with Gasteiger partial charge in [-0.2, -0.15) is 132 Å². The summed E-state index contributed by atoms with van der Waals surface area (Å²) in [7, 11) is 0. The highest BCUT2D eigenvalue weighted by molar-refractivity contribution is 5.99. The molecule has 0 heterocycles. The van der Waals surface area contributed by atoms with Gasteiger partial charge in [0.05, 0.1) is 61.3 Å². The maximum absolute atomic E-state index is 14.5. The van der Waals surface area contributed by atoms with Crippen molar-refractivity contribution in [3.8, 4) is 61.4 Å². The molecular formula is C53H21F30NO. The third kappa shape index (κ3) is 14.5. The van der Waals surface area contributed by atoms with Crippen LogP contribution in [0.4, 0.5) is 137 Å². The van der Waals surface area contributed by atoms with Crippen LogP contribution in [0.3, 0.4) is 0 Å². The van der Waals surface area contributed by atoms with Crippen LogP contribution in [0, 0.1) is 0 Å². The first-order valence-corrected chi connectivity index (χ1v) is 22.4.